The van der Waals surface area contributed by atoms with E-state index in [4.69, 9.17) is 4.74 Å². The van der Waals surface area contributed by atoms with Crippen LogP contribution < -0.4 is 9.64 Å². The normalized spacial score (nSPS) is 14.0. The molecule has 5 rings (SSSR count). The van der Waals surface area contributed by atoms with Crippen LogP contribution in [0.3, 0.4) is 0 Å². The summed E-state index contributed by atoms with van der Waals surface area (Å²) in [5.41, 5.74) is 4.84. The Morgan fingerprint density at radius 3 is 2.41 bits per heavy atom. The van der Waals surface area contributed by atoms with E-state index in [0.29, 0.717) is 12.2 Å². The number of anilines is 1. The van der Waals surface area contributed by atoms with Gasteiger partial charge in [0.25, 0.3) is 5.91 Å². The number of ether oxygens (including phenoxy) is 1. The molecule has 0 atom stereocenters. The van der Waals surface area contributed by atoms with Crippen molar-refractivity contribution < 1.29 is 9.53 Å². The molecule has 6 heteroatoms. The molecule has 0 spiro atoms. The number of amides is 1. The zero-order valence-electron chi connectivity index (χ0n) is 18.1. The van der Waals surface area contributed by atoms with E-state index in [2.05, 4.69) is 22.0 Å². The summed E-state index contributed by atoms with van der Waals surface area (Å²) in [5, 5.41) is 0. The van der Waals surface area contributed by atoms with E-state index in [1.165, 1.54) is 5.69 Å². The molecule has 162 valence electrons. The lowest BCUT2D eigenvalue weighted by molar-refractivity contribution is 0.0746. The fourth-order valence-corrected chi connectivity index (χ4v) is 4.11. The largest absolute Gasteiger partial charge is 0.487 e. The molecule has 2 aromatic heterocycles. The van der Waals surface area contributed by atoms with Gasteiger partial charge in [0.15, 0.2) is 0 Å². The van der Waals surface area contributed by atoms with Gasteiger partial charge in [0.05, 0.1) is 5.69 Å². The lowest BCUT2D eigenvalue weighted by Gasteiger charge is -2.36. The molecule has 6 nitrogen and oxygen atoms in total. The third kappa shape index (κ3) is 4.17. The number of rotatable bonds is 5. The molecule has 1 fully saturated rings. The molecule has 1 amide bonds. The maximum absolute atomic E-state index is 12.9. The van der Waals surface area contributed by atoms with Gasteiger partial charge in [0, 0.05) is 49.8 Å². The quantitative estimate of drug-likeness (QED) is 0.480. The topological polar surface area (TPSA) is 50.1 Å². The van der Waals surface area contributed by atoms with E-state index in [1.807, 2.05) is 83.2 Å². The number of hydrogen-bond donors (Lipinski definition) is 0. The predicted octanol–water partition coefficient (Wildman–Crippen LogP) is 4.18. The second-order valence-electron chi connectivity index (χ2n) is 8.08. The Balaban J connectivity index is 1.17. The molecule has 0 radical (unpaired) electrons. The number of imidazole rings is 1. The van der Waals surface area contributed by atoms with Gasteiger partial charge in [-0.05, 0) is 55.0 Å². The zero-order valence-corrected chi connectivity index (χ0v) is 18.1. The Hall–Kier alpha value is -3.80. The number of carbonyl (C=O) groups excluding carboxylic acids is 1. The van der Waals surface area contributed by atoms with Crippen LogP contribution in [0.4, 0.5) is 5.69 Å². The molecular weight excluding hydrogens is 400 g/mol. The number of piperazine rings is 1. The molecule has 1 aliphatic rings. The number of para-hydroxylation sites is 1. The Labute approximate surface area is 187 Å². The highest BCUT2D eigenvalue weighted by atomic mass is 16.5. The molecule has 0 unspecified atom stereocenters. The Kier molecular flexibility index (Phi) is 5.50. The van der Waals surface area contributed by atoms with E-state index in [1.54, 1.807) is 0 Å². The van der Waals surface area contributed by atoms with Crippen molar-refractivity contribution in [3.05, 3.63) is 95.9 Å². The molecule has 0 saturated carbocycles. The highest BCUT2D eigenvalue weighted by Gasteiger charge is 2.22. The zero-order chi connectivity index (χ0) is 21.9. The summed E-state index contributed by atoms with van der Waals surface area (Å²) >= 11 is 0. The number of hydrogen-bond acceptors (Lipinski definition) is 4. The molecule has 1 aliphatic heterocycles. The fraction of sp³-hybridized carbons (Fsp3) is 0.231. The first-order chi connectivity index (χ1) is 15.7. The van der Waals surface area contributed by atoms with Gasteiger partial charge < -0.3 is 18.9 Å². The van der Waals surface area contributed by atoms with Gasteiger partial charge in [-0.15, -0.1) is 0 Å². The van der Waals surface area contributed by atoms with E-state index in [-0.39, 0.29) is 5.91 Å². The van der Waals surface area contributed by atoms with Crippen LogP contribution in [0.25, 0.3) is 5.65 Å². The molecule has 2 aromatic carbocycles. The first-order valence-corrected chi connectivity index (χ1v) is 10.9. The van der Waals surface area contributed by atoms with Crippen molar-refractivity contribution >= 4 is 17.2 Å². The minimum absolute atomic E-state index is 0.0695. The summed E-state index contributed by atoms with van der Waals surface area (Å²) < 4.78 is 7.90. The van der Waals surface area contributed by atoms with Gasteiger partial charge in [-0.1, -0.05) is 24.3 Å². The third-order valence-electron chi connectivity index (χ3n) is 5.90. The summed E-state index contributed by atoms with van der Waals surface area (Å²) in [6, 6.07) is 21.8. The minimum atomic E-state index is 0.0695. The van der Waals surface area contributed by atoms with Crippen LogP contribution >= 0.6 is 0 Å². The van der Waals surface area contributed by atoms with Gasteiger partial charge in [-0.2, -0.15) is 0 Å². The lowest BCUT2D eigenvalue weighted by atomic mass is 10.1. The Bertz CT molecular complexity index is 1210. The number of aryl methyl sites for hydroxylation is 1. The lowest BCUT2D eigenvalue weighted by Crippen LogP contribution is -2.48. The third-order valence-corrected chi connectivity index (χ3v) is 5.90. The number of benzene rings is 2. The first kappa shape index (κ1) is 20.1. The van der Waals surface area contributed by atoms with Crippen molar-refractivity contribution in [3.63, 3.8) is 0 Å². The number of fused-ring (bicyclic) bond motifs is 1. The molecule has 1 saturated heterocycles. The first-order valence-electron chi connectivity index (χ1n) is 10.9. The highest BCUT2D eigenvalue weighted by Crippen LogP contribution is 2.19. The van der Waals surface area contributed by atoms with Crippen molar-refractivity contribution in [1.29, 1.82) is 0 Å². The maximum atomic E-state index is 12.9. The molecule has 0 aliphatic carbocycles. The van der Waals surface area contributed by atoms with Crippen molar-refractivity contribution in [2.75, 3.05) is 31.1 Å². The summed E-state index contributed by atoms with van der Waals surface area (Å²) in [4.78, 5) is 21.8. The van der Waals surface area contributed by atoms with Crippen LogP contribution in [0.15, 0.2) is 79.1 Å². The van der Waals surface area contributed by atoms with Crippen LogP contribution in [0, 0.1) is 6.92 Å². The monoisotopic (exact) mass is 426 g/mol. The number of pyridine rings is 1. The fourth-order valence-electron chi connectivity index (χ4n) is 4.11. The number of aromatic nitrogens is 2. The summed E-state index contributed by atoms with van der Waals surface area (Å²) in [6.45, 7) is 5.56. The van der Waals surface area contributed by atoms with Crippen LogP contribution in [0.2, 0.25) is 0 Å². The average molecular weight is 427 g/mol. The van der Waals surface area contributed by atoms with Gasteiger partial charge in [-0.25, -0.2) is 4.98 Å². The van der Waals surface area contributed by atoms with Crippen LogP contribution in [0.5, 0.6) is 5.75 Å². The van der Waals surface area contributed by atoms with Crippen molar-refractivity contribution in [3.8, 4) is 5.75 Å². The summed E-state index contributed by atoms with van der Waals surface area (Å²) in [7, 11) is 0. The Morgan fingerprint density at radius 2 is 1.69 bits per heavy atom. The number of carbonyl (C=O) groups is 1. The van der Waals surface area contributed by atoms with Crippen molar-refractivity contribution in [2.45, 2.75) is 13.5 Å². The molecule has 0 bridgehead atoms. The van der Waals surface area contributed by atoms with Gasteiger partial charge in [0.1, 0.15) is 18.0 Å². The summed E-state index contributed by atoms with van der Waals surface area (Å²) in [5.74, 6) is 0.796. The number of nitrogens with zero attached hydrogens (tertiary/aromatic N) is 4. The smallest absolute Gasteiger partial charge is 0.253 e. The minimum Gasteiger partial charge on any atom is -0.487 e. The second kappa shape index (κ2) is 8.75. The van der Waals surface area contributed by atoms with Crippen molar-refractivity contribution in [1.82, 2.24) is 14.3 Å². The van der Waals surface area contributed by atoms with E-state index < -0.39 is 0 Å². The van der Waals surface area contributed by atoms with Gasteiger partial charge in [-0.3, -0.25) is 4.79 Å². The SMILES string of the molecule is Cc1cccn2cc(COc3ccc(C(=O)N4CCN(c5ccccc5)CC4)cc3)nc12. The molecule has 3 heterocycles. The molecule has 0 N–H and O–H groups in total. The average Bonchev–Trinajstić information content (AvgIpc) is 3.28. The van der Waals surface area contributed by atoms with Crippen LogP contribution in [-0.4, -0.2) is 46.4 Å². The Morgan fingerprint density at radius 1 is 0.938 bits per heavy atom. The van der Waals surface area contributed by atoms with Crippen molar-refractivity contribution in [2.24, 2.45) is 0 Å². The van der Waals surface area contributed by atoms with Crippen LogP contribution in [0.1, 0.15) is 21.6 Å². The molecule has 4 aromatic rings. The predicted molar refractivity (Wildman–Crippen MR) is 125 cm³/mol. The van der Waals surface area contributed by atoms with Gasteiger partial charge >= 0.3 is 0 Å². The molecule has 32 heavy (non-hydrogen) atoms. The van der Waals surface area contributed by atoms with E-state index >= 15 is 0 Å². The van der Waals surface area contributed by atoms with E-state index in [0.717, 1.165) is 48.8 Å². The maximum Gasteiger partial charge on any atom is 0.253 e. The van der Waals surface area contributed by atoms with E-state index in [9.17, 15) is 4.79 Å². The van der Waals surface area contributed by atoms with Gasteiger partial charge in [0.2, 0.25) is 0 Å². The highest BCUT2D eigenvalue weighted by molar-refractivity contribution is 5.94. The second-order valence-corrected chi connectivity index (χ2v) is 8.08. The standard InChI is InChI=1S/C26H26N4O2/c1-20-6-5-13-30-18-22(27-25(20)30)19-32-24-11-9-21(10-12-24)26(31)29-16-14-28(15-17-29)23-7-3-2-4-8-23/h2-13,18H,14-17,19H2,1H3. The van der Waals surface area contributed by atoms with Crippen LogP contribution in [-0.2, 0) is 6.61 Å². The molecular formula is C26H26N4O2. The summed E-state index contributed by atoms with van der Waals surface area (Å²) in [6.07, 6.45) is 3.97.